The SMILES string of the molecule is Cc1ccc(Cc2c(C)nc(Cl)c(C#N)c2C)cc1C. The van der Waals surface area contributed by atoms with E-state index in [1.165, 1.54) is 16.7 Å². The molecule has 0 saturated heterocycles. The molecule has 0 fully saturated rings. The number of benzene rings is 1. The first-order valence-electron chi connectivity index (χ1n) is 6.55. The van der Waals surface area contributed by atoms with Crippen LogP contribution in [0.1, 0.15) is 39.1 Å². The third-order valence-electron chi connectivity index (χ3n) is 3.80. The van der Waals surface area contributed by atoms with Gasteiger partial charge in [-0.15, -0.1) is 0 Å². The summed E-state index contributed by atoms with van der Waals surface area (Å²) >= 11 is 6.02. The molecule has 0 aliphatic heterocycles. The highest BCUT2D eigenvalue weighted by Gasteiger charge is 2.14. The van der Waals surface area contributed by atoms with Gasteiger partial charge in [-0.3, -0.25) is 0 Å². The van der Waals surface area contributed by atoms with E-state index >= 15 is 0 Å². The quantitative estimate of drug-likeness (QED) is 0.765. The second-order valence-corrected chi connectivity index (χ2v) is 5.53. The van der Waals surface area contributed by atoms with Crippen molar-refractivity contribution < 1.29 is 0 Å². The van der Waals surface area contributed by atoms with E-state index in [2.05, 4.69) is 43.1 Å². The van der Waals surface area contributed by atoms with Gasteiger partial charge in [0, 0.05) is 5.69 Å². The van der Waals surface area contributed by atoms with E-state index in [0.717, 1.165) is 23.2 Å². The topological polar surface area (TPSA) is 36.7 Å². The Balaban J connectivity index is 2.48. The van der Waals surface area contributed by atoms with Gasteiger partial charge in [0.2, 0.25) is 0 Å². The number of hydrogen-bond acceptors (Lipinski definition) is 2. The lowest BCUT2D eigenvalue weighted by Crippen LogP contribution is -2.02. The number of hydrogen-bond donors (Lipinski definition) is 0. The van der Waals surface area contributed by atoms with Crippen LogP contribution in [0.5, 0.6) is 0 Å². The molecule has 0 aliphatic rings. The minimum absolute atomic E-state index is 0.298. The zero-order valence-electron chi connectivity index (χ0n) is 12.2. The second kappa shape index (κ2) is 5.64. The molecule has 0 spiro atoms. The Morgan fingerprint density at radius 2 is 1.85 bits per heavy atom. The van der Waals surface area contributed by atoms with E-state index in [-0.39, 0.29) is 0 Å². The molecular formula is C17H17ClN2. The lowest BCUT2D eigenvalue weighted by Gasteiger charge is -2.13. The number of nitriles is 1. The molecular weight excluding hydrogens is 268 g/mol. The predicted octanol–water partition coefficient (Wildman–Crippen LogP) is 4.43. The van der Waals surface area contributed by atoms with Crippen molar-refractivity contribution >= 4 is 11.6 Å². The molecule has 0 N–H and O–H groups in total. The largest absolute Gasteiger partial charge is 0.240 e. The standard InChI is InChI=1S/C17H17ClN2/c1-10-5-6-14(7-11(10)2)8-15-12(3)16(9-19)17(18)20-13(15)4/h5-7H,8H2,1-4H3. The second-order valence-electron chi connectivity index (χ2n) is 5.17. The summed E-state index contributed by atoms with van der Waals surface area (Å²) in [7, 11) is 0. The average molecular weight is 285 g/mol. The molecule has 1 heterocycles. The molecule has 20 heavy (non-hydrogen) atoms. The van der Waals surface area contributed by atoms with Gasteiger partial charge in [-0.1, -0.05) is 29.8 Å². The van der Waals surface area contributed by atoms with E-state index in [0.29, 0.717) is 10.7 Å². The molecule has 1 aromatic heterocycles. The smallest absolute Gasteiger partial charge is 0.147 e. The molecule has 2 nitrogen and oxygen atoms in total. The van der Waals surface area contributed by atoms with Crippen LogP contribution in [0.4, 0.5) is 0 Å². The summed E-state index contributed by atoms with van der Waals surface area (Å²) in [5.74, 6) is 0. The van der Waals surface area contributed by atoms with Crippen molar-refractivity contribution in [1.82, 2.24) is 4.98 Å². The van der Waals surface area contributed by atoms with Crippen LogP contribution in [0.3, 0.4) is 0 Å². The van der Waals surface area contributed by atoms with Crippen molar-refractivity contribution in [2.75, 3.05) is 0 Å². The zero-order chi connectivity index (χ0) is 14.9. The monoisotopic (exact) mass is 284 g/mol. The van der Waals surface area contributed by atoms with Gasteiger partial charge in [0.25, 0.3) is 0 Å². The maximum Gasteiger partial charge on any atom is 0.147 e. The maximum atomic E-state index is 9.19. The average Bonchev–Trinajstić information content (AvgIpc) is 2.39. The summed E-state index contributed by atoms with van der Waals surface area (Å²) in [4.78, 5) is 4.28. The van der Waals surface area contributed by atoms with Crippen molar-refractivity contribution in [3.8, 4) is 6.07 Å². The molecule has 0 bridgehead atoms. The van der Waals surface area contributed by atoms with Crippen molar-refractivity contribution in [3.05, 3.63) is 62.4 Å². The number of aryl methyl sites for hydroxylation is 3. The highest BCUT2D eigenvalue weighted by atomic mass is 35.5. The van der Waals surface area contributed by atoms with Gasteiger partial charge < -0.3 is 0 Å². The fourth-order valence-corrected chi connectivity index (χ4v) is 2.67. The van der Waals surface area contributed by atoms with Crippen LogP contribution in [-0.2, 0) is 6.42 Å². The molecule has 2 aromatic rings. The predicted molar refractivity (Wildman–Crippen MR) is 82.2 cm³/mol. The lowest BCUT2D eigenvalue weighted by atomic mass is 9.95. The molecule has 0 radical (unpaired) electrons. The van der Waals surface area contributed by atoms with Gasteiger partial charge in [-0.25, -0.2) is 4.98 Å². The summed E-state index contributed by atoms with van der Waals surface area (Å²) in [6, 6.07) is 8.59. The summed E-state index contributed by atoms with van der Waals surface area (Å²) in [5, 5.41) is 9.48. The van der Waals surface area contributed by atoms with Crippen molar-refractivity contribution in [2.24, 2.45) is 0 Å². The Labute approximate surface area is 125 Å². The minimum atomic E-state index is 0.298. The molecule has 3 heteroatoms. The van der Waals surface area contributed by atoms with Crippen LogP contribution in [0.15, 0.2) is 18.2 Å². The van der Waals surface area contributed by atoms with E-state index in [4.69, 9.17) is 11.6 Å². The van der Waals surface area contributed by atoms with Crippen LogP contribution in [0.25, 0.3) is 0 Å². The molecule has 0 saturated carbocycles. The van der Waals surface area contributed by atoms with E-state index in [1.807, 2.05) is 13.8 Å². The Morgan fingerprint density at radius 1 is 1.15 bits per heavy atom. The summed E-state index contributed by atoms with van der Waals surface area (Å²) < 4.78 is 0. The van der Waals surface area contributed by atoms with Crippen molar-refractivity contribution in [2.45, 2.75) is 34.1 Å². The van der Waals surface area contributed by atoms with Gasteiger partial charge in [0.05, 0.1) is 5.56 Å². The van der Waals surface area contributed by atoms with Gasteiger partial charge >= 0.3 is 0 Å². The fraction of sp³-hybridized carbons (Fsp3) is 0.294. The molecule has 0 aliphatic carbocycles. The molecule has 1 aromatic carbocycles. The highest BCUT2D eigenvalue weighted by molar-refractivity contribution is 6.30. The van der Waals surface area contributed by atoms with Gasteiger partial charge in [-0.2, -0.15) is 5.26 Å². The van der Waals surface area contributed by atoms with Gasteiger partial charge in [0.1, 0.15) is 11.2 Å². The first-order valence-corrected chi connectivity index (χ1v) is 6.93. The van der Waals surface area contributed by atoms with Crippen LogP contribution < -0.4 is 0 Å². The van der Waals surface area contributed by atoms with Gasteiger partial charge in [-0.05, 0) is 61.9 Å². The van der Waals surface area contributed by atoms with Crippen LogP contribution in [0.2, 0.25) is 5.15 Å². The normalized spacial score (nSPS) is 10.4. The summed E-state index contributed by atoms with van der Waals surface area (Å²) in [6.45, 7) is 8.10. The first kappa shape index (κ1) is 14.6. The van der Waals surface area contributed by atoms with Crippen LogP contribution in [0, 0.1) is 39.0 Å². The van der Waals surface area contributed by atoms with E-state index in [9.17, 15) is 5.26 Å². The van der Waals surface area contributed by atoms with Crippen LogP contribution in [-0.4, -0.2) is 4.98 Å². The molecule has 102 valence electrons. The number of pyridine rings is 1. The summed E-state index contributed by atoms with van der Waals surface area (Å²) in [5.41, 5.74) is 7.19. The van der Waals surface area contributed by atoms with Crippen molar-refractivity contribution in [1.29, 1.82) is 5.26 Å². The highest BCUT2D eigenvalue weighted by Crippen LogP contribution is 2.25. The molecule has 0 unspecified atom stereocenters. The molecule has 0 amide bonds. The maximum absolute atomic E-state index is 9.19. The molecule has 0 atom stereocenters. The number of rotatable bonds is 2. The third-order valence-corrected chi connectivity index (χ3v) is 4.07. The number of halogens is 1. The zero-order valence-corrected chi connectivity index (χ0v) is 13.0. The van der Waals surface area contributed by atoms with Gasteiger partial charge in [0.15, 0.2) is 0 Å². The van der Waals surface area contributed by atoms with Crippen molar-refractivity contribution in [3.63, 3.8) is 0 Å². The Kier molecular flexibility index (Phi) is 4.11. The van der Waals surface area contributed by atoms with Crippen LogP contribution >= 0.6 is 11.6 Å². The first-order chi connectivity index (χ1) is 9.43. The Hall–Kier alpha value is -1.85. The third kappa shape index (κ3) is 2.69. The Bertz CT molecular complexity index is 712. The number of nitrogens with zero attached hydrogens (tertiary/aromatic N) is 2. The minimum Gasteiger partial charge on any atom is -0.240 e. The fourth-order valence-electron chi connectivity index (χ4n) is 2.36. The summed E-state index contributed by atoms with van der Waals surface area (Å²) in [6.07, 6.45) is 0.775. The number of aromatic nitrogens is 1. The Morgan fingerprint density at radius 3 is 2.45 bits per heavy atom. The van der Waals surface area contributed by atoms with E-state index < -0.39 is 0 Å². The molecule has 2 rings (SSSR count). The lowest BCUT2D eigenvalue weighted by molar-refractivity contribution is 1.04. The van der Waals surface area contributed by atoms with E-state index in [1.54, 1.807) is 0 Å².